The summed E-state index contributed by atoms with van der Waals surface area (Å²) in [5.41, 5.74) is 0.986. The highest BCUT2D eigenvalue weighted by Gasteiger charge is 2.73. The van der Waals surface area contributed by atoms with Crippen LogP contribution in [-0.4, -0.2) is 35.0 Å². The molecule has 2 aromatic carbocycles. The lowest BCUT2D eigenvalue weighted by molar-refractivity contribution is -0.384. The van der Waals surface area contributed by atoms with Crippen LogP contribution in [0.4, 0.5) is 11.4 Å². The molecule has 1 aromatic heterocycles. The van der Waals surface area contributed by atoms with E-state index in [2.05, 4.69) is 26.1 Å². The van der Waals surface area contributed by atoms with Crippen LogP contribution in [-0.2, 0) is 15.6 Å². The predicted octanol–water partition coefficient (Wildman–Crippen LogP) is 4.52. The fourth-order valence-electron chi connectivity index (χ4n) is 5.85. The number of fused-ring (bicyclic) bond motifs is 6. The maximum atomic E-state index is 14.1. The lowest BCUT2D eigenvalue weighted by Gasteiger charge is -2.39. The summed E-state index contributed by atoms with van der Waals surface area (Å²) in [7, 11) is 3.10. The molecule has 1 heterocycles. The molecule has 2 bridgehead atoms. The third kappa shape index (κ3) is 2.63. The number of aromatic nitrogens is 2. The van der Waals surface area contributed by atoms with Crippen LogP contribution >= 0.6 is 0 Å². The third-order valence-corrected chi connectivity index (χ3v) is 8.27. The molecule has 34 heavy (non-hydrogen) atoms. The Morgan fingerprint density at radius 2 is 1.74 bits per heavy atom. The molecule has 0 aliphatic heterocycles. The van der Waals surface area contributed by atoms with E-state index in [9.17, 15) is 14.9 Å². The standard InChI is InChI=1S/C25H26N4O5/c1-23(2)24(3)10-11-25(23,22(30)28-18-13-15(33-4)7-9-19(18)34-5)21-20(24)26-16-8-6-14(29(31)32)12-17(16)27-21/h6-9,12-13H,10-11H2,1-5H3,(H,28,30). The Morgan fingerprint density at radius 1 is 1.00 bits per heavy atom. The summed E-state index contributed by atoms with van der Waals surface area (Å²) in [6.07, 6.45) is 1.37. The maximum absolute atomic E-state index is 14.1. The molecule has 1 N–H and O–H groups in total. The van der Waals surface area contributed by atoms with Crippen LogP contribution in [0.2, 0.25) is 0 Å². The summed E-state index contributed by atoms with van der Waals surface area (Å²) in [6.45, 7) is 6.30. The molecule has 1 amide bonds. The highest BCUT2D eigenvalue weighted by Crippen LogP contribution is 2.70. The smallest absolute Gasteiger partial charge is 0.271 e. The number of ether oxygens (including phenoxy) is 2. The van der Waals surface area contributed by atoms with Gasteiger partial charge in [0.05, 0.1) is 52.7 Å². The molecular weight excluding hydrogens is 436 g/mol. The summed E-state index contributed by atoms with van der Waals surface area (Å²) in [5.74, 6) is 0.905. The fraction of sp³-hybridized carbons (Fsp3) is 0.400. The molecule has 2 unspecified atom stereocenters. The van der Waals surface area contributed by atoms with Gasteiger partial charge in [0.25, 0.3) is 5.69 Å². The van der Waals surface area contributed by atoms with Crippen LogP contribution < -0.4 is 14.8 Å². The van der Waals surface area contributed by atoms with Gasteiger partial charge in [-0.2, -0.15) is 0 Å². The topological polar surface area (TPSA) is 116 Å². The molecule has 1 saturated carbocycles. The van der Waals surface area contributed by atoms with Gasteiger partial charge in [-0.05, 0) is 36.5 Å². The van der Waals surface area contributed by atoms with E-state index in [1.807, 2.05) is 0 Å². The van der Waals surface area contributed by atoms with E-state index in [-0.39, 0.29) is 17.0 Å². The molecule has 176 valence electrons. The molecule has 3 aromatic rings. The lowest BCUT2D eigenvalue weighted by atomic mass is 9.63. The number of rotatable bonds is 5. The molecule has 0 saturated heterocycles. The zero-order valence-electron chi connectivity index (χ0n) is 19.8. The zero-order chi connectivity index (χ0) is 24.5. The van der Waals surface area contributed by atoms with Crippen molar-refractivity contribution in [3.8, 4) is 11.5 Å². The summed E-state index contributed by atoms with van der Waals surface area (Å²) in [4.78, 5) is 34.7. The van der Waals surface area contributed by atoms with Crippen LogP contribution in [0.15, 0.2) is 36.4 Å². The second kappa shape index (κ2) is 7.12. The van der Waals surface area contributed by atoms with E-state index < -0.39 is 15.8 Å². The molecule has 0 spiro atoms. The first-order valence-corrected chi connectivity index (χ1v) is 11.1. The number of non-ortho nitro benzene ring substituents is 1. The molecule has 0 radical (unpaired) electrons. The number of anilines is 1. The Hall–Kier alpha value is -3.75. The van der Waals surface area contributed by atoms with Gasteiger partial charge in [-0.25, -0.2) is 9.97 Å². The molecule has 9 heteroatoms. The Balaban J connectivity index is 1.68. The van der Waals surface area contributed by atoms with Gasteiger partial charge in [0.1, 0.15) is 11.5 Å². The monoisotopic (exact) mass is 462 g/mol. The Kier molecular flexibility index (Phi) is 4.62. The van der Waals surface area contributed by atoms with Crippen molar-refractivity contribution in [3.05, 3.63) is 57.9 Å². The van der Waals surface area contributed by atoms with Gasteiger partial charge in [0.15, 0.2) is 0 Å². The first-order valence-electron chi connectivity index (χ1n) is 11.1. The van der Waals surface area contributed by atoms with Crippen LogP contribution in [0.1, 0.15) is 45.0 Å². The minimum atomic E-state index is -0.961. The largest absolute Gasteiger partial charge is 0.497 e. The van der Waals surface area contributed by atoms with Gasteiger partial charge in [-0.1, -0.05) is 20.8 Å². The molecule has 9 nitrogen and oxygen atoms in total. The first-order chi connectivity index (χ1) is 16.1. The van der Waals surface area contributed by atoms with Gasteiger partial charge in [-0.15, -0.1) is 0 Å². The van der Waals surface area contributed by atoms with Crippen molar-refractivity contribution in [2.75, 3.05) is 19.5 Å². The summed E-state index contributed by atoms with van der Waals surface area (Å²) < 4.78 is 10.8. The average molecular weight is 463 g/mol. The maximum Gasteiger partial charge on any atom is 0.271 e. The van der Waals surface area contributed by atoms with Gasteiger partial charge < -0.3 is 14.8 Å². The molecule has 2 atom stereocenters. The van der Waals surface area contributed by atoms with Crippen LogP contribution in [0.5, 0.6) is 11.5 Å². The second-order valence-electron chi connectivity index (χ2n) is 9.73. The molecule has 5 rings (SSSR count). The van der Waals surface area contributed by atoms with Gasteiger partial charge >= 0.3 is 0 Å². The Labute approximate surface area is 196 Å². The first kappa shape index (κ1) is 22.1. The minimum absolute atomic E-state index is 0.0602. The number of nitrogens with zero attached hydrogens (tertiary/aromatic N) is 3. The number of hydrogen-bond acceptors (Lipinski definition) is 7. The summed E-state index contributed by atoms with van der Waals surface area (Å²) >= 11 is 0. The number of nitro groups is 1. The van der Waals surface area contributed by atoms with Crippen molar-refractivity contribution in [2.24, 2.45) is 5.41 Å². The third-order valence-electron chi connectivity index (χ3n) is 8.27. The van der Waals surface area contributed by atoms with Crippen molar-refractivity contribution in [2.45, 2.75) is 44.4 Å². The second-order valence-corrected chi connectivity index (χ2v) is 9.73. The zero-order valence-corrected chi connectivity index (χ0v) is 19.8. The number of nitrogens with one attached hydrogen (secondary N) is 1. The average Bonchev–Trinajstić information content (AvgIpc) is 3.12. The summed E-state index contributed by atoms with van der Waals surface area (Å²) in [5, 5.41) is 14.4. The van der Waals surface area contributed by atoms with Crippen molar-refractivity contribution in [1.82, 2.24) is 9.97 Å². The number of methoxy groups -OCH3 is 2. The van der Waals surface area contributed by atoms with Crippen LogP contribution in [0, 0.1) is 15.5 Å². The lowest BCUT2D eigenvalue weighted by Crippen LogP contribution is -2.48. The molecule has 2 aliphatic carbocycles. The number of carbonyl (C=O) groups is 1. The number of nitro benzene ring substituents is 1. The van der Waals surface area contributed by atoms with Crippen molar-refractivity contribution in [1.29, 1.82) is 0 Å². The van der Waals surface area contributed by atoms with Crippen molar-refractivity contribution < 1.29 is 19.2 Å². The fourth-order valence-corrected chi connectivity index (χ4v) is 5.85. The number of hydrogen-bond donors (Lipinski definition) is 1. The highest BCUT2D eigenvalue weighted by atomic mass is 16.6. The minimum Gasteiger partial charge on any atom is -0.497 e. The van der Waals surface area contributed by atoms with Crippen molar-refractivity contribution in [3.63, 3.8) is 0 Å². The SMILES string of the molecule is COc1ccc(OC)c(NC(=O)C23CCC(C)(c4nc5ccc([N+](=O)[O-])cc5nc42)C3(C)C)c1. The van der Waals surface area contributed by atoms with E-state index in [1.165, 1.54) is 12.1 Å². The number of carbonyl (C=O) groups excluding carboxylic acids is 1. The van der Waals surface area contributed by atoms with Gasteiger partial charge in [0.2, 0.25) is 5.91 Å². The Bertz CT molecular complexity index is 1370. The van der Waals surface area contributed by atoms with Crippen LogP contribution in [0.3, 0.4) is 0 Å². The van der Waals surface area contributed by atoms with Crippen molar-refractivity contribution >= 4 is 28.3 Å². The molecular formula is C25H26N4O5. The highest BCUT2D eigenvalue weighted by molar-refractivity contribution is 6.03. The summed E-state index contributed by atoms with van der Waals surface area (Å²) in [6, 6.07) is 9.70. The quantitative estimate of drug-likeness (QED) is 0.437. The van der Waals surface area contributed by atoms with Gasteiger partial charge in [0, 0.05) is 23.6 Å². The van der Waals surface area contributed by atoms with E-state index in [4.69, 9.17) is 19.4 Å². The van der Waals surface area contributed by atoms with E-state index in [0.29, 0.717) is 40.3 Å². The van der Waals surface area contributed by atoms with E-state index >= 15 is 0 Å². The molecule has 1 fully saturated rings. The van der Waals surface area contributed by atoms with E-state index in [1.54, 1.807) is 38.5 Å². The Morgan fingerprint density at radius 3 is 2.41 bits per heavy atom. The van der Waals surface area contributed by atoms with Gasteiger partial charge in [-0.3, -0.25) is 14.9 Å². The van der Waals surface area contributed by atoms with Crippen LogP contribution in [0.25, 0.3) is 11.0 Å². The number of amides is 1. The number of benzene rings is 2. The van der Waals surface area contributed by atoms with E-state index in [0.717, 1.165) is 12.1 Å². The molecule has 2 aliphatic rings. The normalized spacial score (nSPS) is 24.0. The predicted molar refractivity (Wildman–Crippen MR) is 126 cm³/mol.